The molecule has 86 valence electrons. The summed E-state index contributed by atoms with van der Waals surface area (Å²) in [4.78, 5) is 14.0. The van der Waals surface area contributed by atoms with Gasteiger partial charge in [0.2, 0.25) is 0 Å². The third kappa shape index (κ3) is 2.33. The van der Waals surface area contributed by atoms with Gasteiger partial charge in [-0.15, -0.1) is 0 Å². The molecule has 2 aliphatic rings. The topological polar surface area (TPSA) is 29.5 Å². The van der Waals surface area contributed by atoms with Gasteiger partial charge >= 0.3 is 0 Å². The molecular formula is C12H21NO2. The van der Waals surface area contributed by atoms with E-state index in [1.807, 2.05) is 4.90 Å². The molecule has 1 unspecified atom stereocenters. The van der Waals surface area contributed by atoms with E-state index in [0.717, 1.165) is 39.0 Å². The molecule has 0 aliphatic carbocycles. The van der Waals surface area contributed by atoms with Crippen LogP contribution < -0.4 is 0 Å². The molecule has 2 rings (SSSR count). The fourth-order valence-corrected chi connectivity index (χ4v) is 2.51. The molecule has 2 heterocycles. The molecule has 3 heteroatoms. The van der Waals surface area contributed by atoms with Crippen LogP contribution >= 0.6 is 0 Å². The van der Waals surface area contributed by atoms with Gasteiger partial charge in [-0.05, 0) is 31.1 Å². The molecule has 2 fully saturated rings. The van der Waals surface area contributed by atoms with Gasteiger partial charge in [-0.25, -0.2) is 0 Å². The average Bonchev–Trinajstić information content (AvgIpc) is 2.88. The van der Waals surface area contributed by atoms with Gasteiger partial charge in [0.25, 0.3) is 5.91 Å². The summed E-state index contributed by atoms with van der Waals surface area (Å²) in [7, 11) is 0. The third-order valence-corrected chi connectivity index (χ3v) is 3.68. The first-order chi connectivity index (χ1) is 7.18. The SMILES string of the molecule is CC(C)C1CCN(C(=O)[C@@H]2CCCO2)C1. The number of carbonyl (C=O) groups is 1. The van der Waals surface area contributed by atoms with Gasteiger partial charge in [-0.3, -0.25) is 4.79 Å². The lowest BCUT2D eigenvalue weighted by atomic mass is 9.95. The molecule has 0 aromatic rings. The molecule has 1 amide bonds. The fraction of sp³-hybridized carbons (Fsp3) is 0.917. The van der Waals surface area contributed by atoms with E-state index in [2.05, 4.69) is 13.8 Å². The smallest absolute Gasteiger partial charge is 0.251 e. The first-order valence-electron chi connectivity index (χ1n) is 6.09. The van der Waals surface area contributed by atoms with Crippen LogP contribution in [0.2, 0.25) is 0 Å². The zero-order chi connectivity index (χ0) is 10.8. The minimum atomic E-state index is -0.129. The first kappa shape index (κ1) is 10.9. The van der Waals surface area contributed by atoms with E-state index in [4.69, 9.17) is 4.74 Å². The minimum absolute atomic E-state index is 0.129. The molecule has 0 bridgehead atoms. The molecular weight excluding hydrogens is 190 g/mol. The zero-order valence-corrected chi connectivity index (χ0v) is 9.74. The number of hydrogen-bond donors (Lipinski definition) is 0. The molecule has 2 saturated heterocycles. The van der Waals surface area contributed by atoms with Crippen molar-refractivity contribution in [3.8, 4) is 0 Å². The summed E-state index contributed by atoms with van der Waals surface area (Å²) in [5, 5.41) is 0. The first-order valence-corrected chi connectivity index (χ1v) is 6.09. The lowest BCUT2D eigenvalue weighted by molar-refractivity contribution is -0.140. The Kier molecular flexibility index (Phi) is 3.29. The highest BCUT2D eigenvalue weighted by molar-refractivity contribution is 5.81. The highest BCUT2D eigenvalue weighted by Crippen LogP contribution is 2.25. The predicted octanol–water partition coefficient (Wildman–Crippen LogP) is 1.67. The van der Waals surface area contributed by atoms with Crippen LogP contribution in [-0.4, -0.2) is 36.6 Å². The van der Waals surface area contributed by atoms with E-state index in [0.29, 0.717) is 11.8 Å². The Morgan fingerprint density at radius 2 is 2.20 bits per heavy atom. The number of ether oxygens (including phenoxy) is 1. The van der Waals surface area contributed by atoms with E-state index in [1.165, 1.54) is 0 Å². The van der Waals surface area contributed by atoms with Crippen molar-refractivity contribution in [2.24, 2.45) is 11.8 Å². The second-order valence-corrected chi connectivity index (χ2v) is 5.08. The van der Waals surface area contributed by atoms with Gasteiger partial charge in [0, 0.05) is 19.7 Å². The largest absolute Gasteiger partial charge is 0.368 e. The van der Waals surface area contributed by atoms with Crippen LogP contribution in [0.1, 0.15) is 33.1 Å². The standard InChI is InChI=1S/C12H21NO2/c1-9(2)10-5-6-13(8-10)12(14)11-4-3-7-15-11/h9-11H,3-8H2,1-2H3/t10?,11-/m0/s1. The van der Waals surface area contributed by atoms with Crippen molar-refractivity contribution in [1.29, 1.82) is 0 Å². The van der Waals surface area contributed by atoms with Gasteiger partial charge in [0.05, 0.1) is 0 Å². The maximum absolute atomic E-state index is 12.0. The second kappa shape index (κ2) is 4.52. The van der Waals surface area contributed by atoms with Crippen molar-refractivity contribution in [3.05, 3.63) is 0 Å². The van der Waals surface area contributed by atoms with Crippen molar-refractivity contribution in [3.63, 3.8) is 0 Å². The Balaban J connectivity index is 1.87. The normalized spacial score (nSPS) is 31.5. The Morgan fingerprint density at radius 3 is 2.73 bits per heavy atom. The average molecular weight is 211 g/mol. The van der Waals surface area contributed by atoms with Crippen LogP contribution in [0.3, 0.4) is 0 Å². The lowest BCUT2D eigenvalue weighted by Crippen LogP contribution is -2.37. The molecule has 2 atom stereocenters. The summed E-state index contributed by atoms with van der Waals surface area (Å²) in [6.45, 7) is 7.12. The molecule has 3 nitrogen and oxygen atoms in total. The highest BCUT2D eigenvalue weighted by atomic mass is 16.5. The maximum atomic E-state index is 12.0. The summed E-state index contributed by atoms with van der Waals surface area (Å²) in [5.74, 6) is 1.61. The maximum Gasteiger partial charge on any atom is 0.251 e. The van der Waals surface area contributed by atoms with Crippen LogP contribution in [0.15, 0.2) is 0 Å². The van der Waals surface area contributed by atoms with Gasteiger partial charge in [-0.2, -0.15) is 0 Å². The van der Waals surface area contributed by atoms with E-state index in [-0.39, 0.29) is 12.0 Å². The number of hydrogen-bond acceptors (Lipinski definition) is 2. The summed E-state index contributed by atoms with van der Waals surface area (Å²) in [6, 6.07) is 0. The van der Waals surface area contributed by atoms with Crippen LogP contribution in [0, 0.1) is 11.8 Å². The summed E-state index contributed by atoms with van der Waals surface area (Å²) < 4.78 is 5.43. The molecule has 0 radical (unpaired) electrons. The molecule has 0 saturated carbocycles. The summed E-state index contributed by atoms with van der Waals surface area (Å²) in [5.41, 5.74) is 0. The Bertz CT molecular complexity index is 234. The number of nitrogens with zero attached hydrogens (tertiary/aromatic N) is 1. The molecule has 2 aliphatic heterocycles. The van der Waals surface area contributed by atoms with E-state index in [1.54, 1.807) is 0 Å². The molecule has 0 aromatic heterocycles. The minimum Gasteiger partial charge on any atom is -0.368 e. The van der Waals surface area contributed by atoms with Crippen molar-refractivity contribution in [1.82, 2.24) is 4.90 Å². The van der Waals surface area contributed by atoms with Crippen molar-refractivity contribution in [2.45, 2.75) is 39.2 Å². The zero-order valence-electron chi connectivity index (χ0n) is 9.74. The van der Waals surface area contributed by atoms with Crippen LogP contribution in [0.4, 0.5) is 0 Å². The lowest BCUT2D eigenvalue weighted by Gasteiger charge is -2.21. The van der Waals surface area contributed by atoms with Gasteiger partial charge in [-0.1, -0.05) is 13.8 Å². The van der Waals surface area contributed by atoms with E-state index < -0.39 is 0 Å². The fourth-order valence-electron chi connectivity index (χ4n) is 2.51. The Morgan fingerprint density at radius 1 is 1.40 bits per heavy atom. The van der Waals surface area contributed by atoms with E-state index in [9.17, 15) is 4.79 Å². The van der Waals surface area contributed by atoms with Crippen LogP contribution in [-0.2, 0) is 9.53 Å². The number of rotatable bonds is 2. The molecule has 15 heavy (non-hydrogen) atoms. The van der Waals surface area contributed by atoms with Crippen LogP contribution in [0.25, 0.3) is 0 Å². The molecule has 0 spiro atoms. The predicted molar refractivity (Wildman–Crippen MR) is 58.5 cm³/mol. The van der Waals surface area contributed by atoms with Crippen molar-refractivity contribution < 1.29 is 9.53 Å². The number of likely N-dealkylation sites (tertiary alicyclic amines) is 1. The Labute approximate surface area is 91.8 Å². The molecule has 0 aromatic carbocycles. The quantitative estimate of drug-likeness (QED) is 0.695. The van der Waals surface area contributed by atoms with E-state index >= 15 is 0 Å². The Hall–Kier alpha value is -0.570. The monoisotopic (exact) mass is 211 g/mol. The third-order valence-electron chi connectivity index (χ3n) is 3.68. The van der Waals surface area contributed by atoms with Gasteiger partial charge in [0.1, 0.15) is 6.10 Å². The summed E-state index contributed by atoms with van der Waals surface area (Å²) in [6.07, 6.45) is 2.99. The number of amides is 1. The molecule has 0 N–H and O–H groups in total. The van der Waals surface area contributed by atoms with Crippen molar-refractivity contribution in [2.75, 3.05) is 19.7 Å². The van der Waals surface area contributed by atoms with Gasteiger partial charge in [0.15, 0.2) is 0 Å². The van der Waals surface area contributed by atoms with Crippen molar-refractivity contribution >= 4 is 5.91 Å². The van der Waals surface area contributed by atoms with Crippen LogP contribution in [0.5, 0.6) is 0 Å². The van der Waals surface area contributed by atoms with Gasteiger partial charge < -0.3 is 9.64 Å². The number of carbonyl (C=O) groups excluding carboxylic acids is 1. The second-order valence-electron chi connectivity index (χ2n) is 5.08. The summed E-state index contributed by atoms with van der Waals surface area (Å²) >= 11 is 0. The highest BCUT2D eigenvalue weighted by Gasteiger charge is 2.33.